The van der Waals surface area contributed by atoms with Crippen molar-refractivity contribution in [2.24, 2.45) is 0 Å². The molecule has 0 aromatic heterocycles. The molecule has 0 N–H and O–H groups in total. The van der Waals surface area contributed by atoms with Crippen molar-refractivity contribution in [1.82, 2.24) is 0 Å². The van der Waals surface area contributed by atoms with Crippen molar-refractivity contribution in [1.29, 1.82) is 0 Å². The van der Waals surface area contributed by atoms with Crippen LogP contribution in [0.1, 0.15) is 0 Å². The molecule has 0 fully saturated rings. The molecule has 0 aliphatic rings. The Labute approximate surface area is 104 Å². The van der Waals surface area contributed by atoms with Gasteiger partial charge in [-0.05, 0) is 24.3 Å². The van der Waals surface area contributed by atoms with Crippen LogP contribution in [0.4, 0.5) is 0 Å². The molecule has 15 heavy (non-hydrogen) atoms. The van der Waals surface area contributed by atoms with Crippen LogP contribution in [-0.4, -0.2) is 0 Å². The van der Waals surface area contributed by atoms with E-state index in [9.17, 15) is 0 Å². The Morgan fingerprint density at radius 2 is 0.867 bits per heavy atom. The third-order valence-corrected chi connectivity index (χ3v) is 4.14. The summed E-state index contributed by atoms with van der Waals surface area (Å²) in [5.74, 6) is 0. The van der Waals surface area contributed by atoms with Gasteiger partial charge in [0, 0.05) is 9.79 Å². The summed E-state index contributed by atoms with van der Waals surface area (Å²) in [6, 6.07) is 20.8. The van der Waals surface area contributed by atoms with Gasteiger partial charge >= 0.3 is 0 Å². The summed E-state index contributed by atoms with van der Waals surface area (Å²) in [6.07, 6.45) is 0. The van der Waals surface area contributed by atoms with Crippen molar-refractivity contribution in [2.45, 2.75) is 9.79 Å². The van der Waals surface area contributed by atoms with Crippen LogP contribution in [0.15, 0.2) is 70.5 Å². The minimum absolute atomic E-state index is 0. The molecule has 0 aliphatic carbocycles. The predicted octanol–water partition coefficient (Wildman–Crippen LogP) is 1.49. The average Bonchev–Trinajstić information content (AvgIpc) is 2.29. The lowest BCUT2D eigenvalue weighted by Crippen LogP contribution is -3.00. The average molecular weight is 254 g/mol. The first-order valence-electron chi connectivity index (χ1n) is 4.40. The van der Waals surface area contributed by atoms with Gasteiger partial charge in [-0.1, -0.05) is 58.0 Å². The normalized spacial score (nSPS) is 9.33. The summed E-state index contributed by atoms with van der Waals surface area (Å²) in [5, 5.41) is 0. The summed E-state index contributed by atoms with van der Waals surface area (Å²) in [5.41, 5.74) is 0. The lowest BCUT2D eigenvalue weighted by Gasteiger charge is -1.99. The van der Waals surface area contributed by atoms with Gasteiger partial charge in [0.1, 0.15) is 0 Å². The third kappa shape index (κ3) is 4.20. The Kier molecular flexibility index (Phi) is 5.69. The van der Waals surface area contributed by atoms with Crippen LogP contribution in [0.25, 0.3) is 0 Å². The van der Waals surface area contributed by atoms with Crippen LogP contribution in [0.3, 0.4) is 0 Å². The van der Waals surface area contributed by atoms with Gasteiger partial charge in [-0.3, -0.25) is 0 Å². The van der Waals surface area contributed by atoms with E-state index in [1.807, 2.05) is 12.1 Å². The first-order valence-corrected chi connectivity index (χ1v) is 6.55. The summed E-state index contributed by atoms with van der Waals surface area (Å²) in [4.78, 5) is 2.59. The van der Waals surface area contributed by atoms with Gasteiger partial charge in [0.05, 0.1) is 0 Å². The fourth-order valence-electron chi connectivity index (χ4n) is 1.05. The molecule has 0 radical (unpaired) electrons. The molecule has 0 bridgehead atoms. The van der Waals surface area contributed by atoms with Gasteiger partial charge in [0.15, 0.2) is 0 Å². The molecule has 0 spiro atoms. The second-order valence-electron chi connectivity index (χ2n) is 2.79. The smallest absolute Gasteiger partial charge is 0.0186 e. The van der Waals surface area contributed by atoms with Crippen molar-refractivity contribution >= 4 is 21.6 Å². The highest BCUT2D eigenvalue weighted by Gasteiger charge is 1.94. The number of benzene rings is 2. The van der Waals surface area contributed by atoms with Crippen LogP contribution >= 0.6 is 21.6 Å². The van der Waals surface area contributed by atoms with E-state index in [1.165, 1.54) is 9.79 Å². The molecule has 0 saturated carbocycles. The molecule has 3 heteroatoms. The van der Waals surface area contributed by atoms with Crippen molar-refractivity contribution in [3.63, 3.8) is 0 Å². The Balaban J connectivity index is 0.00000112. The fraction of sp³-hybridized carbons (Fsp3) is 0. The quantitative estimate of drug-likeness (QED) is 0.761. The molecule has 0 unspecified atom stereocenters. The maximum absolute atomic E-state index is 2.13. The van der Waals surface area contributed by atoms with Crippen LogP contribution in [0, 0.1) is 0 Å². The largest absolute Gasteiger partial charge is 1.00 e. The van der Waals surface area contributed by atoms with Crippen molar-refractivity contribution in [3.05, 3.63) is 60.7 Å². The van der Waals surface area contributed by atoms with Crippen LogP contribution in [0.5, 0.6) is 0 Å². The number of hydrogen-bond donors (Lipinski definition) is 0. The lowest BCUT2D eigenvalue weighted by molar-refractivity contribution is -0.00000261. The minimum atomic E-state index is 0. The summed E-state index contributed by atoms with van der Waals surface area (Å²) < 4.78 is 0. The van der Waals surface area contributed by atoms with E-state index in [-0.39, 0.29) is 12.4 Å². The first-order chi connectivity index (χ1) is 6.95. The predicted molar refractivity (Wildman–Crippen MR) is 64.6 cm³/mol. The molecule has 0 amide bonds. The first kappa shape index (κ1) is 12.5. The van der Waals surface area contributed by atoms with Gasteiger partial charge in [0.2, 0.25) is 0 Å². The van der Waals surface area contributed by atoms with E-state index in [2.05, 4.69) is 48.5 Å². The molecule has 0 nitrogen and oxygen atoms in total. The van der Waals surface area contributed by atoms with Gasteiger partial charge in [-0.25, -0.2) is 0 Å². The van der Waals surface area contributed by atoms with Gasteiger partial charge in [-0.15, -0.1) is 0 Å². The van der Waals surface area contributed by atoms with Gasteiger partial charge < -0.3 is 12.4 Å². The van der Waals surface area contributed by atoms with Crippen molar-refractivity contribution in [3.8, 4) is 0 Å². The topological polar surface area (TPSA) is 0 Å². The van der Waals surface area contributed by atoms with Crippen LogP contribution in [0.2, 0.25) is 0 Å². The Bertz CT molecular complexity index is 336. The number of rotatable bonds is 3. The zero-order valence-corrected chi connectivity index (χ0v) is 10.4. The van der Waals surface area contributed by atoms with Gasteiger partial charge in [-0.2, -0.15) is 0 Å². The maximum atomic E-state index is 2.13. The zero-order chi connectivity index (χ0) is 9.64. The van der Waals surface area contributed by atoms with E-state index >= 15 is 0 Å². The lowest BCUT2D eigenvalue weighted by atomic mass is 10.4. The molecule has 0 atom stereocenters. The molecule has 0 saturated heterocycles. The Hall–Kier alpha value is -0.570. The number of halogens is 1. The fourth-order valence-corrected chi connectivity index (χ4v) is 3.02. The molecule has 0 aliphatic heterocycles. The SMILES string of the molecule is [Cl-].c1ccc(SSc2ccccc2)cc1. The molecular formula is C12H10ClS2-. The molecule has 78 valence electrons. The summed E-state index contributed by atoms with van der Waals surface area (Å²) >= 11 is 0. The Morgan fingerprint density at radius 3 is 1.20 bits per heavy atom. The second kappa shape index (κ2) is 6.83. The highest BCUT2D eigenvalue weighted by Crippen LogP contribution is 2.36. The molecule has 0 heterocycles. The van der Waals surface area contributed by atoms with Crippen LogP contribution < -0.4 is 12.4 Å². The van der Waals surface area contributed by atoms with E-state index in [0.29, 0.717) is 0 Å². The van der Waals surface area contributed by atoms with E-state index < -0.39 is 0 Å². The molecule has 2 rings (SSSR count). The minimum Gasteiger partial charge on any atom is -1.00 e. The summed E-state index contributed by atoms with van der Waals surface area (Å²) in [7, 11) is 3.58. The highest BCUT2D eigenvalue weighted by molar-refractivity contribution is 8.76. The summed E-state index contributed by atoms with van der Waals surface area (Å²) in [6.45, 7) is 0. The number of hydrogen-bond acceptors (Lipinski definition) is 2. The molecule has 2 aromatic rings. The molecular weight excluding hydrogens is 244 g/mol. The van der Waals surface area contributed by atoms with Gasteiger partial charge in [0.25, 0.3) is 0 Å². The highest BCUT2D eigenvalue weighted by atomic mass is 35.5. The standard InChI is InChI=1S/C12H10S2.ClH/c1-3-7-11(8-4-1)13-14-12-9-5-2-6-10-12;/h1-10H;1H/p-1. The van der Waals surface area contributed by atoms with E-state index in [0.717, 1.165) is 0 Å². The van der Waals surface area contributed by atoms with Crippen molar-refractivity contribution in [2.75, 3.05) is 0 Å². The zero-order valence-electron chi connectivity index (χ0n) is 7.97. The van der Waals surface area contributed by atoms with E-state index in [4.69, 9.17) is 0 Å². The molecule has 2 aromatic carbocycles. The maximum Gasteiger partial charge on any atom is 0.0186 e. The van der Waals surface area contributed by atoms with Crippen molar-refractivity contribution < 1.29 is 12.4 Å². The van der Waals surface area contributed by atoms with E-state index in [1.54, 1.807) is 21.6 Å². The third-order valence-electron chi connectivity index (χ3n) is 1.72. The monoisotopic (exact) mass is 253 g/mol. The second-order valence-corrected chi connectivity index (χ2v) is 5.07. The Morgan fingerprint density at radius 1 is 0.533 bits per heavy atom. The van der Waals surface area contributed by atoms with Crippen LogP contribution in [-0.2, 0) is 0 Å².